The number of fused-ring (bicyclic) bond motifs is 3. The molecule has 2 aliphatic heterocycles. The average Bonchev–Trinajstić information content (AvgIpc) is 3.16. The number of amides is 1. The van der Waals surface area contributed by atoms with Gasteiger partial charge < -0.3 is 10.7 Å². The maximum atomic E-state index is 10.4. The number of carbonyl (C=O) groups is 1. The van der Waals surface area contributed by atoms with Crippen molar-refractivity contribution in [3.8, 4) is 11.5 Å². The number of imidazole rings is 2. The van der Waals surface area contributed by atoms with Gasteiger partial charge in [-0.3, -0.25) is 14.2 Å². The SMILES string of the molecule is NC(=O)c1cccnc1.c1nc2ncn3cc[nH]c3c-2n1. The summed E-state index contributed by atoms with van der Waals surface area (Å²) in [6.07, 6.45) is 9.97. The number of rotatable bonds is 1. The molecule has 2 aliphatic rings. The van der Waals surface area contributed by atoms with E-state index in [1.54, 1.807) is 24.7 Å². The summed E-state index contributed by atoms with van der Waals surface area (Å²) in [6.45, 7) is 0. The van der Waals surface area contributed by atoms with Crippen molar-refractivity contribution in [1.82, 2.24) is 29.3 Å². The average molecular weight is 281 g/mol. The third-order valence-corrected chi connectivity index (χ3v) is 2.77. The molecule has 0 spiro atoms. The highest BCUT2D eigenvalue weighted by atomic mass is 16.1. The van der Waals surface area contributed by atoms with Crippen LogP contribution in [-0.4, -0.2) is 35.2 Å². The van der Waals surface area contributed by atoms with Crippen molar-refractivity contribution in [2.45, 2.75) is 0 Å². The number of aromatic amines is 1. The maximum Gasteiger partial charge on any atom is 0.250 e. The van der Waals surface area contributed by atoms with Crippen molar-refractivity contribution in [3.05, 3.63) is 55.1 Å². The largest absolute Gasteiger partial charge is 0.366 e. The van der Waals surface area contributed by atoms with Crippen molar-refractivity contribution in [3.63, 3.8) is 0 Å². The first-order valence-corrected chi connectivity index (χ1v) is 6.06. The van der Waals surface area contributed by atoms with E-state index < -0.39 is 5.91 Å². The molecule has 0 saturated carbocycles. The third kappa shape index (κ3) is 2.54. The Bertz CT molecular complexity index is 836. The van der Waals surface area contributed by atoms with Crippen LogP contribution in [0.25, 0.3) is 17.2 Å². The highest BCUT2D eigenvalue weighted by Gasteiger charge is 2.10. The number of primary amides is 1. The Morgan fingerprint density at radius 1 is 1.29 bits per heavy atom. The number of hydrogen-bond donors (Lipinski definition) is 2. The van der Waals surface area contributed by atoms with Gasteiger partial charge >= 0.3 is 0 Å². The second-order valence-electron chi connectivity index (χ2n) is 4.11. The number of H-pyrrole nitrogens is 1. The van der Waals surface area contributed by atoms with Crippen LogP contribution in [0, 0.1) is 0 Å². The first-order chi connectivity index (χ1) is 10.3. The van der Waals surface area contributed by atoms with E-state index in [1.165, 1.54) is 12.5 Å². The summed E-state index contributed by atoms with van der Waals surface area (Å²) < 4.78 is 1.87. The number of nitrogens with zero attached hydrogens (tertiary/aromatic N) is 5. The third-order valence-electron chi connectivity index (χ3n) is 2.77. The van der Waals surface area contributed by atoms with Crippen LogP contribution in [0.3, 0.4) is 0 Å². The topological polar surface area (TPSA) is 115 Å². The molecular weight excluding hydrogens is 270 g/mol. The zero-order valence-electron chi connectivity index (χ0n) is 10.8. The highest BCUT2D eigenvalue weighted by molar-refractivity contribution is 5.92. The van der Waals surface area contributed by atoms with Gasteiger partial charge in [-0.1, -0.05) is 0 Å². The molecule has 104 valence electrons. The van der Waals surface area contributed by atoms with Crippen molar-refractivity contribution in [1.29, 1.82) is 0 Å². The second-order valence-corrected chi connectivity index (χ2v) is 4.11. The molecular formula is C13H11N7O. The molecule has 21 heavy (non-hydrogen) atoms. The predicted molar refractivity (Wildman–Crippen MR) is 74.5 cm³/mol. The highest BCUT2D eigenvalue weighted by Crippen LogP contribution is 2.17. The summed E-state index contributed by atoms with van der Waals surface area (Å²) in [6, 6.07) is 3.29. The number of carbonyl (C=O) groups excluding carboxylic acids is 1. The van der Waals surface area contributed by atoms with Gasteiger partial charge in [-0.25, -0.2) is 15.0 Å². The zero-order valence-corrected chi connectivity index (χ0v) is 10.8. The Hall–Kier alpha value is -3.29. The number of nitrogens with two attached hydrogens (primary N) is 1. The van der Waals surface area contributed by atoms with E-state index in [1.807, 2.05) is 16.8 Å². The second kappa shape index (κ2) is 5.37. The Morgan fingerprint density at radius 3 is 2.90 bits per heavy atom. The minimum absolute atomic E-state index is 0.442. The van der Waals surface area contributed by atoms with Gasteiger partial charge in [0.2, 0.25) is 5.91 Å². The Labute approximate surface area is 119 Å². The number of hydrogen-bond acceptors (Lipinski definition) is 5. The van der Waals surface area contributed by atoms with Crippen LogP contribution in [-0.2, 0) is 0 Å². The first-order valence-electron chi connectivity index (χ1n) is 6.06. The summed E-state index contributed by atoms with van der Waals surface area (Å²) >= 11 is 0. The molecule has 0 aliphatic carbocycles. The zero-order chi connectivity index (χ0) is 14.7. The molecule has 1 amide bonds. The predicted octanol–water partition coefficient (Wildman–Crippen LogP) is 0.738. The molecule has 0 radical (unpaired) electrons. The van der Waals surface area contributed by atoms with E-state index in [0.717, 1.165) is 11.3 Å². The Kier molecular flexibility index (Phi) is 3.26. The minimum Gasteiger partial charge on any atom is -0.366 e. The van der Waals surface area contributed by atoms with Crippen LogP contribution in [0.5, 0.6) is 0 Å². The number of aromatic nitrogens is 6. The van der Waals surface area contributed by atoms with Crippen molar-refractivity contribution in [2.24, 2.45) is 5.73 Å². The molecule has 4 rings (SSSR count). The van der Waals surface area contributed by atoms with Gasteiger partial charge in [0, 0.05) is 24.8 Å². The summed E-state index contributed by atoms with van der Waals surface area (Å²) in [4.78, 5) is 29.4. The Morgan fingerprint density at radius 2 is 2.19 bits per heavy atom. The van der Waals surface area contributed by atoms with E-state index >= 15 is 0 Å². The molecule has 0 fully saturated rings. The van der Waals surface area contributed by atoms with Crippen molar-refractivity contribution in [2.75, 3.05) is 0 Å². The van der Waals surface area contributed by atoms with Gasteiger partial charge in [-0.15, -0.1) is 0 Å². The smallest absolute Gasteiger partial charge is 0.250 e. The first kappa shape index (κ1) is 12.7. The van der Waals surface area contributed by atoms with Gasteiger partial charge in [0.05, 0.1) is 5.56 Å². The molecule has 2 aromatic rings. The van der Waals surface area contributed by atoms with Gasteiger partial charge in [0.1, 0.15) is 18.3 Å². The van der Waals surface area contributed by atoms with E-state index in [4.69, 9.17) is 5.73 Å². The number of nitrogens with one attached hydrogen (secondary N) is 1. The number of pyridine rings is 1. The van der Waals surface area contributed by atoms with Gasteiger partial charge in [0.15, 0.2) is 11.5 Å². The summed E-state index contributed by atoms with van der Waals surface area (Å²) in [7, 11) is 0. The van der Waals surface area contributed by atoms with E-state index in [-0.39, 0.29) is 0 Å². The fourth-order valence-corrected chi connectivity index (χ4v) is 1.78. The van der Waals surface area contributed by atoms with Crippen LogP contribution in [0.2, 0.25) is 0 Å². The molecule has 4 heterocycles. The van der Waals surface area contributed by atoms with Crippen LogP contribution < -0.4 is 5.73 Å². The monoisotopic (exact) mass is 281 g/mol. The van der Waals surface area contributed by atoms with Gasteiger partial charge in [-0.05, 0) is 12.1 Å². The van der Waals surface area contributed by atoms with Gasteiger partial charge in [0.25, 0.3) is 0 Å². The van der Waals surface area contributed by atoms with Gasteiger partial charge in [-0.2, -0.15) is 0 Å². The summed E-state index contributed by atoms with van der Waals surface area (Å²) in [5.41, 5.74) is 7.11. The fraction of sp³-hybridized carbons (Fsp3) is 0. The quantitative estimate of drug-likeness (QED) is 0.534. The van der Waals surface area contributed by atoms with Crippen molar-refractivity contribution < 1.29 is 4.79 Å². The molecule has 0 atom stereocenters. The molecule has 8 heteroatoms. The lowest BCUT2D eigenvalue weighted by molar-refractivity contribution is 0.1000. The maximum absolute atomic E-state index is 10.4. The molecule has 3 N–H and O–H groups in total. The normalized spacial score (nSPS) is 10.3. The molecule has 0 unspecified atom stereocenters. The Balaban J connectivity index is 0.000000133. The van der Waals surface area contributed by atoms with Crippen LogP contribution >= 0.6 is 0 Å². The van der Waals surface area contributed by atoms with Crippen LogP contribution in [0.1, 0.15) is 10.4 Å². The van der Waals surface area contributed by atoms with E-state index in [9.17, 15) is 4.79 Å². The van der Waals surface area contributed by atoms with Crippen LogP contribution in [0.15, 0.2) is 49.6 Å². The molecule has 2 aromatic heterocycles. The lowest BCUT2D eigenvalue weighted by Gasteiger charge is -1.96. The minimum atomic E-state index is -0.442. The standard InChI is InChI=1S/C7H5N5.C6H6N2O/c1-2-12-4-11-6-5(7(12)8-1)9-3-10-6;7-6(9)5-2-1-3-8-4-5/h1-4,8H;1-4H,(H2,7,9). The lowest BCUT2D eigenvalue weighted by atomic mass is 10.3. The molecule has 0 aromatic carbocycles. The van der Waals surface area contributed by atoms with E-state index in [0.29, 0.717) is 11.4 Å². The van der Waals surface area contributed by atoms with Crippen molar-refractivity contribution >= 4 is 11.6 Å². The lowest BCUT2D eigenvalue weighted by Crippen LogP contribution is -2.10. The summed E-state index contributed by atoms with van der Waals surface area (Å²) in [5.74, 6) is 0.237. The fourth-order valence-electron chi connectivity index (χ4n) is 1.78. The molecule has 0 saturated heterocycles. The van der Waals surface area contributed by atoms with E-state index in [2.05, 4.69) is 24.9 Å². The molecule has 0 bridgehead atoms. The molecule has 8 nitrogen and oxygen atoms in total. The van der Waals surface area contributed by atoms with Crippen LogP contribution in [0.4, 0.5) is 0 Å². The summed E-state index contributed by atoms with van der Waals surface area (Å²) in [5, 5.41) is 0.